The highest BCUT2D eigenvalue weighted by molar-refractivity contribution is 6.08. The number of carbonyl (C=O) groups excluding carboxylic acids is 4. The number of carbonyl (C=O) groups is 4. The fourth-order valence-corrected chi connectivity index (χ4v) is 7.42. The Morgan fingerprint density at radius 2 is 1.11 bits per heavy atom. The summed E-state index contributed by atoms with van der Waals surface area (Å²) < 4.78 is 43.6. The number of rotatable bonds is 10. The van der Waals surface area contributed by atoms with Crippen molar-refractivity contribution in [3.63, 3.8) is 0 Å². The van der Waals surface area contributed by atoms with Crippen molar-refractivity contribution in [1.29, 1.82) is 0 Å². The van der Waals surface area contributed by atoms with Crippen LogP contribution in [-0.2, 0) is 32.2 Å². The van der Waals surface area contributed by atoms with Gasteiger partial charge in [-0.2, -0.15) is 0 Å². The number of pyridine rings is 2. The van der Waals surface area contributed by atoms with Crippen LogP contribution in [0.3, 0.4) is 0 Å². The molecule has 0 radical (unpaired) electrons. The van der Waals surface area contributed by atoms with E-state index in [1.165, 1.54) is 12.2 Å². The lowest BCUT2D eigenvalue weighted by Gasteiger charge is -2.17. The number of benzene rings is 2. The van der Waals surface area contributed by atoms with Gasteiger partial charge in [0.1, 0.15) is 11.0 Å². The van der Waals surface area contributed by atoms with Gasteiger partial charge in [-0.1, -0.05) is 39.8 Å². The minimum absolute atomic E-state index is 0.0708. The standard InChI is InChI=1S/2C22H21FN4O4/c1-4-27-10-24-19-16(27)8-6-13(18(19)23)15-7-5-12(20(28)25-15)14(11(2)3)9-17-21(29)26-22(30)31-17;1-4-27-10-24-16-8-6-13(18(23)19(16)27)15-7-5-12(20(28)25-15)14(11(2)3)9-17-21(29)26-22(30)31-17/h2*5-11,14H,4H2,1-3H3,(H,25,28)(H,26,29,30)/b2*17-9-. The van der Waals surface area contributed by atoms with E-state index in [0.29, 0.717) is 52.2 Å². The molecule has 4 aromatic heterocycles. The number of hydrogen-bond donors (Lipinski definition) is 4. The van der Waals surface area contributed by atoms with Gasteiger partial charge < -0.3 is 28.6 Å². The largest absolute Gasteiger partial charge is 0.419 e. The van der Waals surface area contributed by atoms with E-state index in [-0.39, 0.29) is 40.0 Å². The van der Waals surface area contributed by atoms with Gasteiger partial charge in [0, 0.05) is 47.2 Å². The number of H-pyrrole nitrogens is 2. The molecule has 0 spiro atoms. The fraction of sp³-hybridized carbons (Fsp3) is 0.273. The van der Waals surface area contributed by atoms with Crippen molar-refractivity contribution in [2.75, 3.05) is 0 Å². The molecule has 4 amide bonds. The molecule has 18 heteroatoms. The van der Waals surface area contributed by atoms with E-state index in [4.69, 9.17) is 9.47 Å². The number of imidazole rings is 2. The number of cyclic esters (lactones) is 2. The van der Waals surface area contributed by atoms with E-state index < -0.39 is 58.6 Å². The smallest absolute Gasteiger partial charge is 0.404 e. The number of fused-ring (bicyclic) bond motifs is 2. The molecule has 8 rings (SSSR count). The number of allylic oxidation sites excluding steroid dienone is 2. The van der Waals surface area contributed by atoms with Crippen LogP contribution >= 0.6 is 0 Å². The lowest BCUT2D eigenvalue weighted by Crippen LogP contribution is -2.21. The number of imide groups is 2. The molecule has 2 fully saturated rings. The molecule has 320 valence electrons. The number of amides is 4. The van der Waals surface area contributed by atoms with E-state index in [1.807, 2.05) is 56.7 Å². The van der Waals surface area contributed by atoms with Crippen molar-refractivity contribution in [3.8, 4) is 22.5 Å². The van der Waals surface area contributed by atoms with Crippen LogP contribution in [0.15, 0.2) is 94.4 Å². The highest BCUT2D eigenvalue weighted by atomic mass is 19.1. The average molecular weight is 849 g/mol. The van der Waals surface area contributed by atoms with Crippen molar-refractivity contribution >= 4 is 46.1 Å². The quantitative estimate of drug-likeness (QED) is 0.105. The van der Waals surface area contributed by atoms with Crippen molar-refractivity contribution in [2.45, 2.75) is 66.5 Å². The van der Waals surface area contributed by atoms with Gasteiger partial charge in [0.15, 0.2) is 23.2 Å². The van der Waals surface area contributed by atoms with Gasteiger partial charge in [-0.25, -0.2) is 28.3 Å². The first-order valence-electron chi connectivity index (χ1n) is 19.8. The molecule has 2 aliphatic rings. The highest BCUT2D eigenvalue weighted by Gasteiger charge is 2.31. The second-order valence-electron chi connectivity index (χ2n) is 15.3. The van der Waals surface area contributed by atoms with Gasteiger partial charge >= 0.3 is 12.2 Å². The molecule has 2 unspecified atom stereocenters. The number of nitrogens with one attached hydrogen (secondary N) is 4. The summed E-state index contributed by atoms with van der Waals surface area (Å²) in [6, 6.07) is 13.1. The van der Waals surface area contributed by atoms with Crippen LogP contribution in [0.1, 0.15) is 64.5 Å². The predicted octanol–water partition coefficient (Wildman–Crippen LogP) is 6.88. The summed E-state index contributed by atoms with van der Waals surface area (Å²) >= 11 is 0. The Bertz CT molecular complexity index is 2980. The molecule has 0 bridgehead atoms. The number of hydrogen-bond acceptors (Lipinski definition) is 10. The van der Waals surface area contributed by atoms with E-state index >= 15 is 8.78 Å². The highest BCUT2D eigenvalue weighted by Crippen LogP contribution is 2.32. The summed E-state index contributed by atoms with van der Waals surface area (Å²) in [4.78, 5) is 85.7. The van der Waals surface area contributed by atoms with Crippen LogP contribution in [0.5, 0.6) is 0 Å². The van der Waals surface area contributed by atoms with Gasteiger partial charge in [-0.15, -0.1) is 0 Å². The summed E-state index contributed by atoms with van der Waals surface area (Å²) in [6.07, 6.45) is 4.38. The molecule has 2 atom stereocenters. The number of aryl methyl sites for hydroxylation is 2. The number of aromatic nitrogens is 6. The van der Waals surface area contributed by atoms with Gasteiger partial charge in [0.25, 0.3) is 22.9 Å². The zero-order chi connectivity index (χ0) is 44.6. The summed E-state index contributed by atoms with van der Waals surface area (Å²) in [5.41, 5.74) is 2.90. The number of halogens is 2. The third kappa shape index (κ3) is 8.18. The molecular formula is C44H42F2N8O8. The van der Waals surface area contributed by atoms with Crippen LogP contribution in [0, 0.1) is 23.5 Å². The van der Waals surface area contributed by atoms with Crippen LogP contribution < -0.4 is 21.8 Å². The Hall–Kier alpha value is -7.50. The van der Waals surface area contributed by atoms with Crippen LogP contribution in [-0.4, -0.2) is 53.1 Å². The molecule has 2 aromatic carbocycles. The molecule has 16 nitrogen and oxygen atoms in total. The van der Waals surface area contributed by atoms with E-state index in [9.17, 15) is 28.8 Å². The van der Waals surface area contributed by atoms with Crippen LogP contribution in [0.2, 0.25) is 0 Å². The average Bonchev–Trinajstić information content (AvgIpc) is 4.01. The lowest BCUT2D eigenvalue weighted by molar-refractivity contribution is -0.117. The zero-order valence-corrected chi connectivity index (χ0v) is 34.5. The topological polar surface area (TPSA) is 212 Å². The monoisotopic (exact) mass is 848 g/mol. The second kappa shape index (κ2) is 17.2. The number of ether oxygens (including phenoxy) is 2. The first-order chi connectivity index (χ1) is 29.6. The van der Waals surface area contributed by atoms with E-state index in [0.717, 1.165) is 0 Å². The van der Waals surface area contributed by atoms with Crippen molar-refractivity contribution in [2.24, 2.45) is 11.8 Å². The molecule has 2 aliphatic heterocycles. The van der Waals surface area contributed by atoms with E-state index in [2.05, 4.69) is 19.9 Å². The first kappa shape index (κ1) is 42.6. The third-order valence-corrected chi connectivity index (χ3v) is 10.7. The normalized spacial score (nSPS) is 16.2. The second-order valence-corrected chi connectivity index (χ2v) is 15.3. The summed E-state index contributed by atoms with van der Waals surface area (Å²) in [5, 5.41) is 4.06. The Morgan fingerprint density at radius 1 is 0.629 bits per heavy atom. The van der Waals surface area contributed by atoms with Crippen LogP contribution in [0.4, 0.5) is 18.4 Å². The maximum Gasteiger partial charge on any atom is 0.419 e. The van der Waals surface area contributed by atoms with Gasteiger partial charge in [-0.3, -0.25) is 29.8 Å². The molecule has 0 aliphatic carbocycles. The SMILES string of the molecule is CCn1cnc2c(F)c(-c3ccc(C(/C=C4\OC(=O)NC4=O)C(C)C)c(=O)[nH]3)ccc21.CCn1cnc2ccc(-c3ccc(C(/C=C4\OC(=O)NC4=O)C(C)C)c(=O)[nH]3)c(F)c21. The third-order valence-electron chi connectivity index (χ3n) is 10.7. The van der Waals surface area contributed by atoms with Gasteiger partial charge in [-0.05, 0) is 74.2 Å². The summed E-state index contributed by atoms with van der Waals surface area (Å²) in [5.74, 6) is -3.67. The van der Waals surface area contributed by atoms with Gasteiger partial charge in [0.2, 0.25) is 0 Å². The Labute approximate surface area is 351 Å². The molecule has 2 saturated heterocycles. The summed E-state index contributed by atoms with van der Waals surface area (Å²) in [7, 11) is 0. The van der Waals surface area contributed by atoms with E-state index in [1.54, 1.807) is 65.8 Å². The molecular weight excluding hydrogens is 807 g/mol. The minimum Gasteiger partial charge on any atom is -0.404 e. The van der Waals surface area contributed by atoms with Gasteiger partial charge in [0.05, 0.1) is 35.1 Å². The minimum atomic E-state index is -0.848. The maximum absolute atomic E-state index is 15.2. The number of alkyl carbamates (subject to hydrolysis) is 2. The van der Waals surface area contributed by atoms with Crippen molar-refractivity contribution < 1.29 is 37.4 Å². The molecule has 62 heavy (non-hydrogen) atoms. The Balaban J connectivity index is 0.000000186. The zero-order valence-electron chi connectivity index (χ0n) is 34.5. The predicted molar refractivity (Wildman–Crippen MR) is 223 cm³/mol. The van der Waals surface area contributed by atoms with Crippen molar-refractivity contribution in [1.82, 2.24) is 39.7 Å². The molecule has 6 heterocycles. The van der Waals surface area contributed by atoms with Crippen molar-refractivity contribution in [3.05, 3.63) is 128 Å². The lowest BCUT2D eigenvalue weighted by atomic mass is 9.88. The van der Waals surface area contributed by atoms with Crippen LogP contribution in [0.25, 0.3) is 44.6 Å². The Morgan fingerprint density at radius 3 is 1.56 bits per heavy atom. The maximum atomic E-state index is 15.2. The number of aromatic amines is 2. The molecule has 0 saturated carbocycles. The molecule has 6 aromatic rings. The fourth-order valence-electron chi connectivity index (χ4n) is 7.42. The summed E-state index contributed by atoms with van der Waals surface area (Å²) in [6.45, 7) is 12.6. The first-order valence-corrected chi connectivity index (χ1v) is 19.8. The molecule has 4 N–H and O–H groups in total. The number of nitrogens with zero attached hydrogens (tertiary/aromatic N) is 4. The Kier molecular flexibility index (Phi) is 11.8.